The maximum atomic E-state index is 11.3. The molecule has 2 heterocycles. The zero-order valence-corrected chi connectivity index (χ0v) is 14.6. The molecule has 124 valence electrons. The summed E-state index contributed by atoms with van der Waals surface area (Å²) in [4.78, 5) is 19.6. The van der Waals surface area contributed by atoms with Gasteiger partial charge in [-0.2, -0.15) is 0 Å². The Hall–Kier alpha value is -1.73. The number of carbonyl (C=O) groups excluding carboxylic acids is 1. The first-order chi connectivity index (χ1) is 10.6. The SMILES string of the molecule is CC(=O)NCC(=Cc1cnc(C)nc1)B1OC(C)(C)C(C)(C)O1. The Morgan fingerprint density at radius 3 is 2.22 bits per heavy atom. The van der Waals surface area contributed by atoms with Crippen molar-refractivity contribution in [1.82, 2.24) is 15.3 Å². The summed E-state index contributed by atoms with van der Waals surface area (Å²) in [5, 5.41) is 2.80. The van der Waals surface area contributed by atoms with Gasteiger partial charge >= 0.3 is 7.12 Å². The predicted octanol–water partition coefficient (Wildman–Crippen LogP) is 1.94. The maximum absolute atomic E-state index is 11.3. The van der Waals surface area contributed by atoms with Crippen molar-refractivity contribution in [2.24, 2.45) is 0 Å². The monoisotopic (exact) mass is 317 g/mol. The normalized spacial score (nSPS) is 19.7. The molecule has 1 fully saturated rings. The third kappa shape index (κ3) is 4.17. The minimum Gasteiger partial charge on any atom is -0.400 e. The number of aromatic nitrogens is 2. The fraction of sp³-hybridized carbons (Fsp3) is 0.562. The van der Waals surface area contributed by atoms with Gasteiger partial charge in [-0.1, -0.05) is 6.08 Å². The molecule has 23 heavy (non-hydrogen) atoms. The van der Waals surface area contributed by atoms with Gasteiger partial charge in [-0.3, -0.25) is 4.79 Å². The van der Waals surface area contributed by atoms with E-state index >= 15 is 0 Å². The quantitative estimate of drug-likeness (QED) is 0.859. The predicted molar refractivity (Wildman–Crippen MR) is 89.5 cm³/mol. The van der Waals surface area contributed by atoms with Gasteiger partial charge in [0.15, 0.2) is 0 Å². The minimum atomic E-state index is -0.520. The molecule has 0 saturated carbocycles. The Balaban J connectivity index is 2.28. The molecule has 1 aliphatic heterocycles. The molecule has 7 heteroatoms. The third-order valence-corrected chi connectivity index (χ3v) is 4.25. The van der Waals surface area contributed by atoms with Gasteiger partial charge in [0.2, 0.25) is 5.91 Å². The minimum absolute atomic E-state index is 0.104. The van der Waals surface area contributed by atoms with E-state index in [2.05, 4.69) is 15.3 Å². The second-order valence-electron chi connectivity index (χ2n) is 6.78. The van der Waals surface area contributed by atoms with E-state index in [4.69, 9.17) is 9.31 Å². The van der Waals surface area contributed by atoms with E-state index in [0.29, 0.717) is 12.4 Å². The lowest BCUT2D eigenvalue weighted by molar-refractivity contribution is -0.118. The van der Waals surface area contributed by atoms with Gasteiger partial charge in [0, 0.05) is 31.4 Å². The molecule has 0 aromatic carbocycles. The van der Waals surface area contributed by atoms with Crippen LogP contribution in [0.15, 0.2) is 17.9 Å². The van der Waals surface area contributed by atoms with Gasteiger partial charge in [0.1, 0.15) is 5.82 Å². The standard InChI is InChI=1S/C16H24BN3O3/c1-11-18-8-13(9-19-11)7-14(10-20-12(2)21)17-22-15(3,4)16(5,6)23-17/h7-9H,10H2,1-6H3,(H,20,21). The van der Waals surface area contributed by atoms with E-state index < -0.39 is 18.3 Å². The number of hydrogen-bond donors (Lipinski definition) is 1. The highest BCUT2D eigenvalue weighted by molar-refractivity contribution is 6.56. The Bertz CT molecular complexity index is 596. The number of hydrogen-bond acceptors (Lipinski definition) is 5. The topological polar surface area (TPSA) is 73.3 Å². The molecule has 1 aromatic heterocycles. The summed E-state index contributed by atoms with van der Waals surface area (Å²) in [7, 11) is -0.520. The van der Waals surface area contributed by atoms with E-state index in [-0.39, 0.29) is 5.91 Å². The van der Waals surface area contributed by atoms with Gasteiger partial charge in [0.05, 0.1) is 11.2 Å². The van der Waals surface area contributed by atoms with Crippen LogP contribution in [0.5, 0.6) is 0 Å². The molecule has 1 saturated heterocycles. The molecule has 1 amide bonds. The van der Waals surface area contributed by atoms with Crippen LogP contribution in [0.25, 0.3) is 6.08 Å². The zero-order chi connectivity index (χ0) is 17.3. The van der Waals surface area contributed by atoms with Gasteiger partial charge in [0.25, 0.3) is 0 Å². The number of nitrogens with one attached hydrogen (secondary N) is 1. The summed E-state index contributed by atoms with van der Waals surface area (Å²) < 4.78 is 12.1. The van der Waals surface area contributed by atoms with Crippen molar-refractivity contribution in [2.75, 3.05) is 6.54 Å². The van der Waals surface area contributed by atoms with Gasteiger partial charge in [-0.15, -0.1) is 0 Å². The third-order valence-electron chi connectivity index (χ3n) is 4.25. The average molecular weight is 317 g/mol. The van der Waals surface area contributed by atoms with Crippen molar-refractivity contribution in [3.8, 4) is 0 Å². The second-order valence-corrected chi connectivity index (χ2v) is 6.78. The second kappa shape index (κ2) is 6.41. The van der Waals surface area contributed by atoms with E-state index in [0.717, 1.165) is 11.0 Å². The van der Waals surface area contributed by atoms with Gasteiger partial charge < -0.3 is 14.6 Å². The first kappa shape index (κ1) is 17.6. The van der Waals surface area contributed by atoms with Gasteiger partial charge in [-0.05, 0) is 40.1 Å². The van der Waals surface area contributed by atoms with Crippen LogP contribution < -0.4 is 5.32 Å². The summed E-state index contributed by atoms with van der Waals surface area (Å²) >= 11 is 0. The summed E-state index contributed by atoms with van der Waals surface area (Å²) in [6.07, 6.45) is 5.38. The summed E-state index contributed by atoms with van der Waals surface area (Å²) in [6.45, 7) is 11.7. The van der Waals surface area contributed by atoms with Crippen LogP contribution in [0.3, 0.4) is 0 Å². The van der Waals surface area contributed by atoms with Crippen LogP contribution in [-0.4, -0.2) is 40.7 Å². The van der Waals surface area contributed by atoms with Crippen LogP contribution in [0.4, 0.5) is 0 Å². The largest absolute Gasteiger partial charge is 0.492 e. The molecule has 1 aromatic rings. The fourth-order valence-electron chi connectivity index (χ4n) is 2.11. The van der Waals surface area contributed by atoms with Crippen molar-refractivity contribution in [3.05, 3.63) is 29.3 Å². The van der Waals surface area contributed by atoms with Crippen molar-refractivity contribution in [3.63, 3.8) is 0 Å². The first-order valence-electron chi connectivity index (χ1n) is 7.70. The highest BCUT2D eigenvalue weighted by Gasteiger charge is 2.52. The van der Waals surface area contributed by atoms with Crippen molar-refractivity contribution in [2.45, 2.75) is 52.7 Å². The molecular weight excluding hydrogens is 293 g/mol. The lowest BCUT2D eigenvalue weighted by Crippen LogP contribution is -2.41. The van der Waals surface area contributed by atoms with Crippen LogP contribution in [0.1, 0.15) is 46.0 Å². The smallest absolute Gasteiger partial charge is 0.400 e. The highest BCUT2D eigenvalue weighted by atomic mass is 16.7. The Morgan fingerprint density at radius 1 is 1.22 bits per heavy atom. The van der Waals surface area contributed by atoms with E-state index in [1.807, 2.05) is 40.7 Å². The summed E-state index contributed by atoms with van der Waals surface area (Å²) in [5.74, 6) is 0.605. The Labute approximate surface area is 137 Å². The number of nitrogens with zero attached hydrogens (tertiary/aromatic N) is 2. The fourth-order valence-corrected chi connectivity index (χ4v) is 2.11. The lowest BCUT2D eigenvalue weighted by Gasteiger charge is -2.32. The average Bonchev–Trinajstić information content (AvgIpc) is 2.65. The molecule has 1 aliphatic rings. The molecule has 0 spiro atoms. The molecule has 0 unspecified atom stereocenters. The maximum Gasteiger partial charge on any atom is 0.492 e. The van der Waals surface area contributed by atoms with Crippen molar-refractivity contribution in [1.29, 1.82) is 0 Å². The van der Waals surface area contributed by atoms with E-state index in [1.165, 1.54) is 6.92 Å². The number of rotatable bonds is 4. The van der Waals surface area contributed by atoms with Crippen LogP contribution in [0, 0.1) is 6.92 Å². The number of aryl methyl sites for hydroxylation is 1. The molecule has 0 bridgehead atoms. The first-order valence-corrected chi connectivity index (χ1v) is 7.70. The lowest BCUT2D eigenvalue weighted by atomic mass is 9.77. The molecule has 0 atom stereocenters. The Morgan fingerprint density at radius 2 is 1.74 bits per heavy atom. The Kier molecular flexibility index (Phi) is 4.91. The molecule has 0 radical (unpaired) electrons. The van der Waals surface area contributed by atoms with Crippen LogP contribution in [-0.2, 0) is 14.1 Å². The molecule has 0 aliphatic carbocycles. The van der Waals surface area contributed by atoms with Crippen molar-refractivity contribution >= 4 is 19.1 Å². The molecular formula is C16H24BN3O3. The summed E-state index contributed by atoms with van der Waals surface area (Å²) in [5.41, 5.74) is 0.796. The van der Waals surface area contributed by atoms with Crippen LogP contribution >= 0.6 is 0 Å². The van der Waals surface area contributed by atoms with E-state index in [9.17, 15) is 4.79 Å². The number of carbonyl (C=O) groups is 1. The van der Waals surface area contributed by atoms with E-state index in [1.54, 1.807) is 12.4 Å². The van der Waals surface area contributed by atoms with Crippen molar-refractivity contribution < 1.29 is 14.1 Å². The van der Waals surface area contributed by atoms with Gasteiger partial charge in [-0.25, -0.2) is 9.97 Å². The van der Waals surface area contributed by atoms with Crippen LogP contribution in [0.2, 0.25) is 0 Å². The zero-order valence-electron chi connectivity index (χ0n) is 14.6. The molecule has 1 N–H and O–H groups in total. The highest BCUT2D eigenvalue weighted by Crippen LogP contribution is 2.38. The number of amides is 1. The molecule has 2 rings (SSSR count). The summed E-state index contributed by atoms with van der Waals surface area (Å²) in [6, 6.07) is 0. The molecule has 6 nitrogen and oxygen atoms in total.